The molecule has 98 valence electrons. The van der Waals surface area contributed by atoms with Crippen molar-refractivity contribution >= 4 is 33.3 Å². The van der Waals surface area contributed by atoms with Crippen LogP contribution < -0.4 is 11.1 Å². The summed E-state index contributed by atoms with van der Waals surface area (Å²) < 4.78 is 27.5. The van der Waals surface area contributed by atoms with E-state index in [0.717, 1.165) is 6.07 Å². The smallest absolute Gasteiger partial charge is 0.258 e. The lowest BCUT2D eigenvalue weighted by molar-refractivity contribution is 0.102. The molecule has 0 aliphatic rings. The van der Waals surface area contributed by atoms with Gasteiger partial charge in [0, 0.05) is 10.7 Å². The summed E-state index contributed by atoms with van der Waals surface area (Å²) in [5.74, 6) is -2.77. The Hall–Kier alpha value is -2.02. The minimum Gasteiger partial charge on any atom is -0.381 e. The molecule has 1 amide bonds. The third kappa shape index (κ3) is 2.70. The largest absolute Gasteiger partial charge is 0.381 e. The third-order valence-corrected chi connectivity index (χ3v) is 3.02. The summed E-state index contributed by atoms with van der Waals surface area (Å²) in [7, 11) is 0. The van der Waals surface area contributed by atoms with Gasteiger partial charge in [0.25, 0.3) is 5.91 Å². The van der Waals surface area contributed by atoms with E-state index in [1.165, 1.54) is 18.3 Å². The maximum absolute atomic E-state index is 13.6. The molecular weight excluding hydrogens is 320 g/mol. The van der Waals surface area contributed by atoms with Crippen LogP contribution in [0.25, 0.3) is 0 Å². The van der Waals surface area contributed by atoms with Gasteiger partial charge in [-0.25, -0.2) is 13.8 Å². The molecule has 0 unspecified atom stereocenters. The van der Waals surface area contributed by atoms with E-state index in [2.05, 4.69) is 26.2 Å². The summed E-state index contributed by atoms with van der Waals surface area (Å²) in [5.41, 5.74) is 4.89. The van der Waals surface area contributed by atoms with Crippen molar-refractivity contribution in [1.82, 2.24) is 4.98 Å². The van der Waals surface area contributed by atoms with Gasteiger partial charge in [-0.2, -0.15) is 0 Å². The molecule has 0 saturated carbocycles. The number of pyridine rings is 1. The number of halogens is 3. The summed E-state index contributed by atoms with van der Waals surface area (Å²) in [5, 5.41) is 2.28. The van der Waals surface area contributed by atoms with Crippen molar-refractivity contribution in [2.75, 3.05) is 11.1 Å². The molecule has 4 nitrogen and oxygen atoms in total. The first-order chi connectivity index (χ1) is 9.00. The first kappa shape index (κ1) is 13.4. The monoisotopic (exact) mass is 327 g/mol. The van der Waals surface area contributed by atoms with Crippen LogP contribution in [0, 0.1) is 11.6 Å². The Morgan fingerprint density at radius 2 is 2.05 bits per heavy atom. The number of nitrogens with two attached hydrogens (primary N) is 1. The van der Waals surface area contributed by atoms with E-state index in [-0.39, 0.29) is 17.1 Å². The van der Waals surface area contributed by atoms with E-state index in [1.54, 1.807) is 6.07 Å². The second kappa shape index (κ2) is 5.31. The number of hydrogen-bond acceptors (Lipinski definition) is 3. The lowest BCUT2D eigenvalue weighted by Gasteiger charge is -2.09. The second-order valence-electron chi connectivity index (χ2n) is 3.61. The number of nitrogens with zero attached hydrogens (tertiary/aromatic N) is 1. The Morgan fingerprint density at radius 3 is 2.74 bits per heavy atom. The van der Waals surface area contributed by atoms with Gasteiger partial charge in [0.05, 0.1) is 11.3 Å². The molecule has 3 N–H and O–H groups in total. The van der Waals surface area contributed by atoms with E-state index in [0.29, 0.717) is 4.47 Å². The highest BCUT2D eigenvalue weighted by molar-refractivity contribution is 9.10. The van der Waals surface area contributed by atoms with Crippen molar-refractivity contribution in [2.24, 2.45) is 0 Å². The lowest BCUT2D eigenvalue weighted by atomic mass is 10.2. The number of amides is 1. The fourth-order valence-electron chi connectivity index (χ4n) is 1.43. The molecule has 0 fully saturated rings. The van der Waals surface area contributed by atoms with Gasteiger partial charge in [0.2, 0.25) is 0 Å². The first-order valence-electron chi connectivity index (χ1n) is 5.16. The number of nitrogens with one attached hydrogen (secondary N) is 1. The number of nitrogen functional groups attached to an aromatic ring is 1. The predicted molar refractivity (Wildman–Crippen MR) is 70.7 cm³/mol. The molecule has 0 bridgehead atoms. The van der Waals surface area contributed by atoms with E-state index in [4.69, 9.17) is 5.73 Å². The van der Waals surface area contributed by atoms with Gasteiger partial charge in [0.15, 0.2) is 11.6 Å². The number of hydrogen-bond donors (Lipinski definition) is 2. The summed E-state index contributed by atoms with van der Waals surface area (Å²) >= 11 is 3.10. The highest BCUT2D eigenvalue weighted by Gasteiger charge is 2.17. The van der Waals surface area contributed by atoms with Gasteiger partial charge in [-0.05, 0) is 34.1 Å². The summed E-state index contributed by atoms with van der Waals surface area (Å²) in [6, 6.07) is 5.36. The van der Waals surface area contributed by atoms with Crippen LogP contribution in [0.4, 0.5) is 20.3 Å². The lowest BCUT2D eigenvalue weighted by Crippen LogP contribution is -2.16. The Morgan fingerprint density at radius 1 is 1.32 bits per heavy atom. The predicted octanol–water partition coefficient (Wildman–Crippen LogP) is 2.96. The Balaban J connectivity index is 2.34. The molecule has 0 atom stereocenters. The fraction of sp³-hybridized carbons (Fsp3) is 0. The quantitative estimate of drug-likeness (QED) is 0.891. The maximum Gasteiger partial charge on any atom is 0.258 e. The topological polar surface area (TPSA) is 68.0 Å². The minimum absolute atomic E-state index is 0.0673. The minimum atomic E-state index is -0.938. The third-order valence-electron chi connectivity index (χ3n) is 2.36. The molecule has 0 saturated heterocycles. The van der Waals surface area contributed by atoms with Gasteiger partial charge in [-0.1, -0.05) is 6.07 Å². The second-order valence-corrected chi connectivity index (χ2v) is 4.46. The van der Waals surface area contributed by atoms with Gasteiger partial charge < -0.3 is 11.1 Å². The number of benzene rings is 1. The number of carbonyl (C=O) groups excluding carboxylic acids is 1. The van der Waals surface area contributed by atoms with Gasteiger partial charge in [-0.15, -0.1) is 0 Å². The summed E-state index contributed by atoms with van der Waals surface area (Å²) in [6.45, 7) is 0. The molecule has 0 spiro atoms. The number of para-hydroxylation sites is 1. The van der Waals surface area contributed by atoms with Crippen molar-refractivity contribution in [1.29, 1.82) is 0 Å². The summed E-state index contributed by atoms with van der Waals surface area (Å²) in [4.78, 5) is 15.4. The van der Waals surface area contributed by atoms with Crippen molar-refractivity contribution in [2.45, 2.75) is 0 Å². The molecular formula is C12H8BrF2N3O. The zero-order valence-corrected chi connectivity index (χ0v) is 11.0. The van der Waals surface area contributed by atoms with Crippen LogP contribution in [0.15, 0.2) is 34.9 Å². The highest BCUT2D eigenvalue weighted by atomic mass is 79.9. The van der Waals surface area contributed by atoms with E-state index in [1.807, 2.05) is 0 Å². The van der Waals surface area contributed by atoms with Crippen molar-refractivity contribution in [3.63, 3.8) is 0 Å². The average Bonchev–Trinajstić information content (AvgIpc) is 2.37. The summed E-state index contributed by atoms with van der Waals surface area (Å²) in [6.07, 6.45) is 1.20. The molecule has 19 heavy (non-hydrogen) atoms. The van der Waals surface area contributed by atoms with Crippen LogP contribution in [0.3, 0.4) is 0 Å². The molecule has 0 aliphatic heterocycles. The Bertz CT molecular complexity index is 629. The zero-order valence-electron chi connectivity index (χ0n) is 9.45. The molecule has 0 aliphatic carbocycles. The van der Waals surface area contributed by atoms with Crippen LogP contribution >= 0.6 is 15.9 Å². The van der Waals surface area contributed by atoms with Crippen LogP contribution in [-0.2, 0) is 0 Å². The van der Waals surface area contributed by atoms with E-state index < -0.39 is 17.5 Å². The number of rotatable bonds is 2. The van der Waals surface area contributed by atoms with E-state index >= 15 is 0 Å². The number of carbonyl (C=O) groups is 1. The van der Waals surface area contributed by atoms with Crippen molar-refractivity contribution < 1.29 is 13.6 Å². The zero-order chi connectivity index (χ0) is 14.0. The van der Waals surface area contributed by atoms with Crippen molar-refractivity contribution in [3.05, 3.63) is 52.1 Å². The van der Waals surface area contributed by atoms with Gasteiger partial charge in [-0.3, -0.25) is 4.79 Å². The molecule has 1 aromatic heterocycles. The SMILES string of the molecule is Nc1nccc(C(=O)Nc2c(F)cccc2Br)c1F. The molecule has 2 rings (SSSR count). The van der Waals surface area contributed by atoms with Crippen LogP contribution in [0.2, 0.25) is 0 Å². The Kier molecular flexibility index (Phi) is 3.75. The fourth-order valence-corrected chi connectivity index (χ4v) is 1.87. The molecule has 0 radical (unpaired) electrons. The molecule has 1 heterocycles. The maximum atomic E-state index is 13.6. The average molecular weight is 328 g/mol. The number of anilines is 2. The normalized spacial score (nSPS) is 10.3. The van der Waals surface area contributed by atoms with Crippen molar-refractivity contribution in [3.8, 4) is 0 Å². The Labute approximate surface area is 115 Å². The van der Waals surface area contributed by atoms with E-state index in [9.17, 15) is 13.6 Å². The van der Waals surface area contributed by atoms with Gasteiger partial charge in [0.1, 0.15) is 5.82 Å². The van der Waals surface area contributed by atoms with Gasteiger partial charge >= 0.3 is 0 Å². The molecule has 1 aromatic carbocycles. The number of aromatic nitrogens is 1. The molecule has 7 heteroatoms. The first-order valence-corrected chi connectivity index (χ1v) is 5.95. The van der Waals surface area contributed by atoms with Crippen LogP contribution in [-0.4, -0.2) is 10.9 Å². The standard InChI is InChI=1S/C12H8BrF2N3O/c13-7-2-1-3-8(14)10(7)18-12(19)6-4-5-17-11(16)9(6)15/h1-5H,(H2,16,17)(H,18,19). The highest BCUT2D eigenvalue weighted by Crippen LogP contribution is 2.26. The van der Waals surface area contributed by atoms with Crippen LogP contribution in [0.1, 0.15) is 10.4 Å². The van der Waals surface area contributed by atoms with Crippen LogP contribution in [0.5, 0.6) is 0 Å². The molecule has 2 aromatic rings.